The second kappa shape index (κ2) is 4.85. The monoisotopic (exact) mass is 338 g/mol. The van der Waals surface area contributed by atoms with Crippen LogP contribution in [-0.2, 0) is 38.0 Å². The maximum absolute atomic E-state index is 11.3. The lowest BCUT2D eigenvalue weighted by Crippen LogP contribution is -2.60. The molecule has 3 fully saturated rings. The van der Waals surface area contributed by atoms with E-state index in [2.05, 4.69) is 0 Å². The first-order valence-corrected chi connectivity index (χ1v) is 8.95. The molecule has 8 nitrogen and oxygen atoms in total. The summed E-state index contributed by atoms with van der Waals surface area (Å²) in [6.45, 7) is 6.98. The molecular formula is C13H22O8S. The molecule has 3 aliphatic rings. The molecule has 3 saturated heterocycles. The fourth-order valence-electron chi connectivity index (χ4n) is 3.14. The van der Waals surface area contributed by atoms with Gasteiger partial charge in [0.05, 0.1) is 12.9 Å². The average Bonchev–Trinajstić information content (AvgIpc) is 2.78. The lowest BCUT2D eigenvalue weighted by molar-refractivity contribution is -0.290. The van der Waals surface area contributed by atoms with Crippen molar-refractivity contribution in [3.63, 3.8) is 0 Å². The molecule has 0 saturated carbocycles. The number of hydrogen-bond acceptors (Lipinski definition) is 8. The Bertz CT molecular complexity index is 556. The third-order valence-corrected chi connectivity index (χ3v) is 4.29. The van der Waals surface area contributed by atoms with Gasteiger partial charge in [0.2, 0.25) is 5.79 Å². The molecule has 3 aliphatic heterocycles. The largest absolute Gasteiger partial charge is 0.343 e. The predicted octanol–water partition coefficient (Wildman–Crippen LogP) is 0.361. The summed E-state index contributed by atoms with van der Waals surface area (Å²) in [5.41, 5.74) is 0. The van der Waals surface area contributed by atoms with Crippen LogP contribution in [0.2, 0.25) is 0 Å². The zero-order valence-corrected chi connectivity index (χ0v) is 14.1. The van der Waals surface area contributed by atoms with Crippen molar-refractivity contribution in [2.75, 3.05) is 19.5 Å². The van der Waals surface area contributed by atoms with Crippen LogP contribution in [0.15, 0.2) is 0 Å². The van der Waals surface area contributed by atoms with Gasteiger partial charge in [-0.05, 0) is 27.7 Å². The average molecular weight is 338 g/mol. The molecule has 0 spiro atoms. The van der Waals surface area contributed by atoms with Crippen LogP contribution < -0.4 is 0 Å². The van der Waals surface area contributed by atoms with E-state index < -0.39 is 39.7 Å². The maximum atomic E-state index is 11.3. The Morgan fingerprint density at radius 2 is 1.77 bits per heavy atom. The first-order valence-electron chi connectivity index (χ1n) is 7.13. The molecule has 0 bridgehead atoms. The van der Waals surface area contributed by atoms with Crippen LogP contribution in [0.4, 0.5) is 0 Å². The zero-order valence-electron chi connectivity index (χ0n) is 13.3. The highest BCUT2D eigenvalue weighted by atomic mass is 32.2. The van der Waals surface area contributed by atoms with Gasteiger partial charge in [-0.1, -0.05) is 0 Å². The standard InChI is InChI=1S/C13H22O8S/c1-11(2)18-8-6-16-13(7-17-22(5,14)15)10(9(8)19-11)20-12(3,4)21-13/h8-10H,6-7H2,1-5H3/t8-,9-,10+,13+/m1/s1. The Balaban J connectivity index is 1.87. The molecule has 0 unspecified atom stereocenters. The molecule has 0 amide bonds. The van der Waals surface area contributed by atoms with Gasteiger partial charge in [0.15, 0.2) is 11.6 Å². The quantitative estimate of drug-likeness (QED) is 0.682. The minimum Gasteiger partial charge on any atom is -0.343 e. The summed E-state index contributed by atoms with van der Waals surface area (Å²) in [5, 5.41) is 0. The molecule has 3 rings (SSSR count). The van der Waals surface area contributed by atoms with Gasteiger partial charge in [0, 0.05) is 0 Å². The van der Waals surface area contributed by atoms with Crippen LogP contribution in [0, 0.1) is 0 Å². The van der Waals surface area contributed by atoms with E-state index in [4.69, 9.17) is 27.9 Å². The number of fused-ring (bicyclic) bond motifs is 3. The highest BCUT2D eigenvalue weighted by Crippen LogP contribution is 2.47. The first kappa shape index (κ1) is 16.6. The van der Waals surface area contributed by atoms with Crippen LogP contribution in [-0.4, -0.2) is 63.6 Å². The Labute approximate surface area is 130 Å². The first-order chi connectivity index (χ1) is 9.92. The molecule has 0 aromatic heterocycles. The number of hydrogen-bond donors (Lipinski definition) is 0. The van der Waals surface area contributed by atoms with Crippen molar-refractivity contribution in [1.82, 2.24) is 0 Å². The Morgan fingerprint density at radius 1 is 1.09 bits per heavy atom. The molecule has 128 valence electrons. The van der Waals surface area contributed by atoms with Crippen LogP contribution in [0.1, 0.15) is 27.7 Å². The lowest BCUT2D eigenvalue weighted by Gasteiger charge is -2.40. The summed E-state index contributed by atoms with van der Waals surface area (Å²) in [6, 6.07) is 0. The van der Waals surface area contributed by atoms with Gasteiger partial charge in [-0.3, -0.25) is 4.18 Å². The highest BCUT2D eigenvalue weighted by molar-refractivity contribution is 7.85. The van der Waals surface area contributed by atoms with E-state index in [1.54, 1.807) is 27.7 Å². The molecule has 9 heteroatoms. The molecule has 0 aromatic rings. The van der Waals surface area contributed by atoms with E-state index in [1.165, 1.54) is 0 Å². The van der Waals surface area contributed by atoms with Crippen molar-refractivity contribution in [3.8, 4) is 0 Å². The molecule has 0 aliphatic carbocycles. The summed E-state index contributed by atoms with van der Waals surface area (Å²) < 4.78 is 56.8. The predicted molar refractivity (Wildman–Crippen MR) is 73.3 cm³/mol. The summed E-state index contributed by atoms with van der Waals surface area (Å²) in [4.78, 5) is 0. The third-order valence-electron chi connectivity index (χ3n) is 3.75. The van der Waals surface area contributed by atoms with Crippen LogP contribution in [0.3, 0.4) is 0 Å². The van der Waals surface area contributed by atoms with E-state index in [1.807, 2.05) is 0 Å². The molecule has 0 N–H and O–H groups in total. The normalized spacial score (nSPS) is 42.9. The fraction of sp³-hybridized carbons (Fsp3) is 1.00. The van der Waals surface area contributed by atoms with Gasteiger partial charge in [-0.25, -0.2) is 0 Å². The third kappa shape index (κ3) is 3.03. The summed E-state index contributed by atoms with van der Waals surface area (Å²) in [6.07, 6.45) is -0.397. The van der Waals surface area contributed by atoms with Crippen molar-refractivity contribution < 1.29 is 36.3 Å². The van der Waals surface area contributed by atoms with E-state index in [-0.39, 0.29) is 19.3 Å². The van der Waals surface area contributed by atoms with E-state index in [0.717, 1.165) is 6.26 Å². The van der Waals surface area contributed by atoms with E-state index in [9.17, 15) is 8.42 Å². The Hall–Kier alpha value is -0.290. The molecule has 3 heterocycles. The van der Waals surface area contributed by atoms with E-state index in [0.29, 0.717) is 0 Å². The van der Waals surface area contributed by atoms with Crippen molar-refractivity contribution in [2.24, 2.45) is 0 Å². The Morgan fingerprint density at radius 3 is 2.41 bits per heavy atom. The van der Waals surface area contributed by atoms with Crippen molar-refractivity contribution in [1.29, 1.82) is 0 Å². The molecule has 0 radical (unpaired) electrons. The van der Waals surface area contributed by atoms with Gasteiger partial charge < -0.3 is 23.7 Å². The van der Waals surface area contributed by atoms with Crippen molar-refractivity contribution in [3.05, 3.63) is 0 Å². The lowest BCUT2D eigenvalue weighted by atomic mass is 9.98. The fourth-order valence-corrected chi connectivity index (χ4v) is 3.52. The molecular weight excluding hydrogens is 316 g/mol. The second-order valence-corrected chi connectivity index (χ2v) is 8.41. The summed E-state index contributed by atoms with van der Waals surface area (Å²) >= 11 is 0. The smallest absolute Gasteiger partial charge is 0.264 e. The summed E-state index contributed by atoms with van der Waals surface area (Å²) in [5.74, 6) is -3.05. The van der Waals surface area contributed by atoms with Gasteiger partial charge in [-0.2, -0.15) is 8.42 Å². The number of rotatable bonds is 3. The maximum Gasteiger partial charge on any atom is 0.264 e. The zero-order chi connectivity index (χ0) is 16.4. The van der Waals surface area contributed by atoms with Gasteiger partial charge in [0.25, 0.3) is 10.1 Å². The SMILES string of the molecule is CC1(C)O[C@@H]2[C@@H](CO[C@@]3(COS(C)(=O)=O)OC(C)(C)O[C@@H]23)O1. The minimum atomic E-state index is -3.64. The Kier molecular flexibility index (Phi) is 3.65. The topological polar surface area (TPSA) is 89.5 Å². The van der Waals surface area contributed by atoms with Gasteiger partial charge in [-0.15, -0.1) is 0 Å². The molecule has 0 aromatic carbocycles. The minimum absolute atomic E-state index is 0.206. The highest BCUT2D eigenvalue weighted by Gasteiger charge is 2.65. The molecule has 4 atom stereocenters. The second-order valence-electron chi connectivity index (χ2n) is 6.77. The van der Waals surface area contributed by atoms with Crippen molar-refractivity contribution >= 4 is 10.1 Å². The van der Waals surface area contributed by atoms with Crippen molar-refractivity contribution in [2.45, 2.75) is 63.4 Å². The van der Waals surface area contributed by atoms with Gasteiger partial charge >= 0.3 is 0 Å². The molecule has 22 heavy (non-hydrogen) atoms. The van der Waals surface area contributed by atoms with Crippen LogP contribution >= 0.6 is 0 Å². The van der Waals surface area contributed by atoms with Crippen LogP contribution in [0.25, 0.3) is 0 Å². The van der Waals surface area contributed by atoms with E-state index >= 15 is 0 Å². The van der Waals surface area contributed by atoms with Crippen LogP contribution in [0.5, 0.6) is 0 Å². The van der Waals surface area contributed by atoms with Gasteiger partial charge in [0.1, 0.15) is 24.9 Å². The summed E-state index contributed by atoms with van der Waals surface area (Å²) in [7, 11) is -3.64. The number of ether oxygens (including phenoxy) is 5.